The van der Waals surface area contributed by atoms with Crippen molar-refractivity contribution < 1.29 is 19.4 Å². The molecule has 0 aliphatic heterocycles. The standard InChI is InChI=1S/C18H17ClO4/c1-12-10-16(23-9-5-8-17(20)21)14(11-15(12)19)18(22)13-6-3-2-4-7-13/h2-4,6-7,10-11H,5,8-9H2,1H3,(H,20,21). The molecular formula is C18H17ClO4. The van der Waals surface area contributed by atoms with E-state index in [1.165, 1.54) is 0 Å². The van der Waals surface area contributed by atoms with E-state index < -0.39 is 5.97 Å². The Kier molecular flexibility index (Phi) is 5.77. The van der Waals surface area contributed by atoms with E-state index in [1.807, 2.05) is 13.0 Å². The number of ketones is 1. The number of carboxylic acids is 1. The second kappa shape index (κ2) is 7.79. The molecule has 5 heteroatoms. The first kappa shape index (κ1) is 17.0. The van der Waals surface area contributed by atoms with E-state index in [9.17, 15) is 9.59 Å². The van der Waals surface area contributed by atoms with Crippen molar-refractivity contribution in [3.63, 3.8) is 0 Å². The molecule has 0 spiro atoms. The van der Waals surface area contributed by atoms with Gasteiger partial charge in [0.05, 0.1) is 12.2 Å². The summed E-state index contributed by atoms with van der Waals surface area (Å²) < 4.78 is 5.62. The first-order chi connectivity index (χ1) is 11.0. The van der Waals surface area contributed by atoms with Crippen LogP contribution >= 0.6 is 11.6 Å². The fraction of sp³-hybridized carbons (Fsp3) is 0.222. The van der Waals surface area contributed by atoms with Gasteiger partial charge in [-0.3, -0.25) is 9.59 Å². The maximum absolute atomic E-state index is 12.6. The van der Waals surface area contributed by atoms with Crippen molar-refractivity contribution in [3.05, 3.63) is 64.2 Å². The number of benzene rings is 2. The van der Waals surface area contributed by atoms with E-state index in [2.05, 4.69) is 0 Å². The number of carboxylic acid groups (broad SMARTS) is 1. The van der Waals surface area contributed by atoms with Crippen LogP contribution < -0.4 is 4.74 Å². The molecule has 2 aromatic carbocycles. The van der Waals surface area contributed by atoms with Crippen LogP contribution in [-0.4, -0.2) is 23.5 Å². The molecule has 23 heavy (non-hydrogen) atoms. The highest BCUT2D eigenvalue weighted by molar-refractivity contribution is 6.32. The van der Waals surface area contributed by atoms with E-state index in [0.29, 0.717) is 28.3 Å². The lowest BCUT2D eigenvalue weighted by molar-refractivity contribution is -0.137. The van der Waals surface area contributed by atoms with Gasteiger partial charge in [-0.2, -0.15) is 0 Å². The molecule has 0 aromatic heterocycles. The number of hydrogen-bond donors (Lipinski definition) is 1. The first-order valence-corrected chi connectivity index (χ1v) is 7.61. The van der Waals surface area contributed by atoms with E-state index in [0.717, 1.165) is 5.56 Å². The van der Waals surface area contributed by atoms with Crippen LogP contribution in [0.25, 0.3) is 0 Å². The minimum Gasteiger partial charge on any atom is -0.493 e. The lowest BCUT2D eigenvalue weighted by atomic mass is 10.0. The van der Waals surface area contributed by atoms with Gasteiger partial charge in [0.25, 0.3) is 0 Å². The Morgan fingerprint density at radius 2 is 1.87 bits per heavy atom. The van der Waals surface area contributed by atoms with Gasteiger partial charge in [-0.1, -0.05) is 41.9 Å². The summed E-state index contributed by atoms with van der Waals surface area (Å²) in [7, 11) is 0. The molecule has 0 fully saturated rings. The van der Waals surface area contributed by atoms with Crippen LogP contribution in [0.4, 0.5) is 0 Å². The molecule has 2 rings (SSSR count). The molecule has 0 saturated carbocycles. The number of carbonyl (C=O) groups is 2. The van der Waals surface area contributed by atoms with E-state index >= 15 is 0 Å². The fourth-order valence-electron chi connectivity index (χ4n) is 2.10. The number of rotatable bonds is 7. The summed E-state index contributed by atoms with van der Waals surface area (Å²) in [4.78, 5) is 23.2. The van der Waals surface area contributed by atoms with Gasteiger partial charge < -0.3 is 9.84 Å². The predicted octanol–water partition coefficient (Wildman–Crippen LogP) is 4.12. The summed E-state index contributed by atoms with van der Waals surface area (Å²) in [6.45, 7) is 2.05. The Labute approximate surface area is 139 Å². The predicted molar refractivity (Wildman–Crippen MR) is 88.4 cm³/mol. The third kappa shape index (κ3) is 4.57. The van der Waals surface area contributed by atoms with Crippen LogP contribution in [-0.2, 0) is 4.79 Å². The van der Waals surface area contributed by atoms with Gasteiger partial charge >= 0.3 is 5.97 Å². The van der Waals surface area contributed by atoms with Crippen LogP contribution in [0.5, 0.6) is 5.75 Å². The quantitative estimate of drug-likeness (QED) is 0.612. The Morgan fingerprint density at radius 3 is 2.52 bits per heavy atom. The number of hydrogen-bond acceptors (Lipinski definition) is 3. The summed E-state index contributed by atoms with van der Waals surface area (Å²) in [5.41, 5.74) is 1.72. The van der Waals surface area contributed by atoms with Crippen LogP contribution in [0.3, 0.4) is 0 Å². The zero-order valence-electron chi connectivity index (χ0n) is 12.7. The SMILES string of the molecule is Cc1cc(OCCCC(=O)O)c(C(=O)c2ccccc2)cc1Cl. The molecule has 0 saturated heterocycles. The molecule has 4 nitrogen and oxygen atoms in total. The monoisotopic (exact) mass is 332 g/mol. The average molecular weight is 333 g/mol. The van der Waals surface area contributed by atoms with Crippen LogP contribution in [0.15, 0.2) is 42.5 Å². The molecule has 120 valence electrons. The minimum absolute atomic E-state index is 0.0224. The van der Waals surface area contributed by atoms with Crippen molar-refractivity contribution in [3.8, 4) is 5.75 Å². The smallest absolute Gasteiger partial charge is 0.303 e. The number of ether oxygens (including phenoxy) is 1. The van der Waals surface area contributed by atoms with Crippen molar-refractivity contribution in [1.29, 1.82) is 0 Å². The second-order valence-electron chi connectivity index (χ2n) is 5.14. The molecule has 0 heterocycles. The summed E-state index contributed by atoms with van der Waals surface area (Å²) in [5, 5.41) is 9.14. The molecular weight excluding hydrogens is 316 g/mol. The molecule has 1 N–H and O–H groups in total. The zero-order chi connectivity index (χ0) is 16.8. The molecule has 0 aliphatic rings. The van der Waals surface area contributed by atoms with E-state index in [4.69, 9.17) is 21.4 Å². The van der Waals surface area contributed by atoms with Gasteiger partial charge in [0.1, 0.15) is 5.75 Å². The highest BCUT2D eigenvalue weighted by Gasteiger charge is 2.17. The van der Waals surface area contributed by atoms with Gasteiger partial charge in [-0.05, 0) is 31.0 Å². The van der Waals surface area contributed by atoms with Crippen molar-refractivity contribution in [2.24, 2.45) is 0 Å². The minimum atomic E-state index is -0.874. The second-order valence-corrected chi connectivity index (χ2v) is 5.55. The normalized spacial score (nSPS) is 10.3. The van der Waals surface area contributed by atoms with Crippen molar-refractivity contribution in [2.75, 3.05) is 6.61 Å². The molecule has 0 bridgehead atoms. The highest BCUT2D eigenvalue weighted by Crippen LogP contribution is 2.29. The zero-order valence-corrected chi connectivity index (χ0v) is 13.5. The van der Waals surface area contributed by atoms with Gasteiger partial charge in [0.2, 0.25) is 0 Å². The van der Waals surface area contributed by atoms with Gasteiger partial charge in [-0.25, -0.2) is 0 Å². The van der Waals surface area contributed by atoms with Crippen LogP contribution in [0.2, 0.25) is 5.02 Å². The van der Waals surface area contributed by atoms with E-state index in [-0.39, 0.29) is 18.8 Å². The lowest BCUT2D eigenvalue weighted by Gasteiger charge is -2.13. The summed E-state index contributed by atoms with van der Waals surface area (Å²) >= 11 is 6.13. The van der Waals surface area contributed by atoms with Crippen LogP contribution in [0, 0.1) is 6.92 Å². The van der Waals surface area contributed by atoms with Crippen molar-refractivity contribution in [2.45, 2.75) is 19.8 Å². The molecule has 0 aliphatic carbocycles. The van der Waals surface area contributed by atoms with Crippen molar-refractivity contribution >= 4 is 23.4 Å². The largest absolute Gasteiger partial charge is 0.493 e. The number of halogens is 1. The lowest BCUT2D eigenvalue weighted by Crippen LogP contribution is -2.08. The van der Waals surface area contributed by atoms with E-state index in [1.54, 1.807) is 36.4 Å². The molecule has 0 radical (unpaired) electrons. The van der Waals surface area contributed by atoms with Gasteiger partial charge in [0.15, 0.2) is 5.78 Å². The third-order valence-corrected chi connectivity index (χ3v) is 3.74. The number of aryl methyl sites for hydroxylation is 1. The Hall–Kier alpha value is -2.33. The van der Waals surface area contributed by atoms with Crippen LogP contribution in [0.1, 0.15) is 34.3 Å². The fourth-order valence-corrected chi connectivity index (χ4v) is 2.27. The Morgan fingerprint density at radius 1 is 1.17 bits per heavy atom. The maximum Gasteiger partial charge on any atom is 0.303 e. The van der Waals surface area contributed by atoms with Crippen molar-refractivity contribution in [1.82, 2.24) is 0 Å². The molecule has 0 amide bonds. The van der Waals surface area contributed by atoms with Gasteiger partial charge in [-0.15, -0.1) is 0 Å². The Bertz CT molecular complexity index is 710. The highest BCUT2D eigenvalue weighted by atomic mass is 35.5. The maximum atomic E-state index is 12.6. The number of aliphatic carboxylic acids is 1. The number of carbonyl (C=O) groups excluding carboxylic acids is 1. The van der Waals surface area contributed by atoms with Gasteiger partial charge in [0, 0.05) is 17.0 Å². The average Bonchev–Trinajstić information content (AvgIpc) is 2.54. The Balaban J connectivity index is 2.25. The molecule has 2 aromatic rings. The third-order valence-electron chi connectivity index (χ3n) is 3.33. The molecule has 0 atom stereocenters. The topological polar surface area (TPSA) is 63.6 Å². The summed E-state index contributed by atoms with van der Waals surface area (Å²) in [6, 6.07) is 12.2. The summed E-state index contributed by atoms with van der Waals surface area (Å²) in [6.07, 6.45) is 0.393. The molecule has 0 unspecified atom stereocenters. The summed E-state index contributed by atoms with van der Waals surface area (Å²) in [5.74, 6) is -0.631. The first-order valence-electron chi connectivity index (χ1n) is 7.23.